The standard InChI is InChI=1S/C13H19FN2O2.ClH/c1-3-16(4-2)9-10-18-13(17)15-12-7-5-11(14)6-8-12;/h5-8H,3-4,9-10H2,1-2H3,(H,15,17);1H. The molecule has 2 N–H and O–H groups in total. The van der Waals surface area contributed by atoms with Gasteiger partial charge >= 0.3 is 6.09 Å². The van der Waals surface area contributed by atoms with E-state index in [9.17, 15) is 9.18 Å². The zero-order valence-electron chi connectivity index (χ0n) is 11.2. The molecule has 0 radical (unpaired) electrons. The van der Waals surface area contributed by atoms with Crippen molar-refractivity contribution in [3.8, 4) is 0 Å². The van der Waals surface area contributed by atoms with Gasteiger partial charge in [0.2, 0.25) is 0 Å². The van der Waals surface area contributed by atoms with Crippen LogP contribution in [0.5, 0.6) is 0 Å². The second kappa shape index (κ2) is 9.58. The summed E-state index contributed by atoms with van der Waals surface area (Å²) in [4.78, 5) is 12.8. The Morgan fingerprint density at radius 3 is 2.37 bits per heavy atom. The van der Waals surface area contributed by atoms with Crippen LogP contribution in [0, 0.1) is 5.82 Å². The smallest absolute Gasteiger partial charge is 0.411 e. The predicted octanol–water partition coefficient (Wildman–Crippen LogP) is -1.70. The molecule has 0 atom stereocenters. The molecule has 0 saturated heterocycles. The summed E-state index contributed by atoms with van der Waals surface area (Å²) in [5, 5.41) is 2.54. The van der Waals surface area contributed by atoms with Crippen molar-refractivity contribution in [2.45, 2.75) is 13.8 Å². The molecule has 0 saturated carbocycles. The van der Waals surface area contributed by atoms with Gasteiger partial charge in [0, 0.05) is 5.69 Å². The van der Waals surface area contributed by atoms with Crippen molar-refractivity contribution in [1.82, 2.24) is 0 Å². The summed E-state index contributed by atoms with van der Waals surface area (Å²) in [6, 6.07) is 5.56. The minimum Gasteiger partial charge on any atom is -1.00 e. The van der Waals surface area contributed by atoms with Crippen LogP contribution in [0.1, 0.15) is 13.8 Å². The van der Waals surface area contributed by atoms with E-state index in [2.05, 4.69) is 19.2 Å². The van der Waals surface area contributed by atoms with Crippen LogP contribution in [0.4, 0.5) is 14.9 Å². The fraction of sp³-hybridized carbons (Fsp3) is 0.462. The molecule has 0 aliphatic carbocycles. The average Bonchev–Trinajstić information content (AvgIpc) is 2.37. The molecule has 0 spiro atoms. The predicted molar refractivity (Wildman–Crippen MR) is 68.3 cm³/mol. The van der Waals surface area contributed by atoms with Crippen LogP contribution in [-0.2, 0) is 4.74 Å². The Hall–Kier alpha value is -1.33. The molecular formula is C13H20ClFN2O2. The molecular weight excluding hydrogens is 271 g/mol. The van der Waals surface area contributed by atoms with Crippen LogP contribution in [0.25, 0.3) is 0 Å². The lowest BCUT2D eigenvalue weighted by atomic mass is 10.3. The van der Waals surface area contributed by atoms with E-state index in [0.29, 0.717) is 12.3 Å². The molecule has 1 aromatic rings. The molecule has 0 aromatic heterocycles. The molecule has 0 fully saturated rings. The van der Waals surface area contributed by atoms with Crippen LogP contribution in [0.2, 0.25) is 0 Å². The summed E-state index contributed by atoms with van der Waals surface area (Å²) in [6.07, 6.45) is -0.506. The third-order valence-electron chi connectivity index (χ3n) is 2.78. The highest BCUT2D eigenvalue weighted by Crippen LogP contribution is 2.08. The molecule has 1 aromatic carbocycles. The summed E-state index contributed by atoms with van der Waals surface area (Å²) in [6.45, 7) is 7.39. The van der Waals surface area contributed by atoms with Crippen molar-refractivity contribution in [2.24, 2.45) is 0 Å². The van der Waals surface area contributed by atoms with Crippen LogP contribution in [0.3, 0.4) is 0 Å². The van der Waals surface area contributed by atoms with Crippen LogP contribution in [0.15, 0.2) is 24.3 Å². The summed E-state index contributed by atoms with van der Waals surface area (Å²) in [7, 11) is 0. The lowest BCUT2D eigenvalue weighted by Gasteiger charge is -2.15. The van der Waals surface area contributed by atoms with E-state index in [1.807, 2.05) is 0 Å². The molecule has 0 bridgehead atoms. The third-order valence-corrected chi connectivity index (χ3v) is 2.78. The Labute approximate surface area is 119 Å². The van der Waals surface area contributed by atoms with Gasteiger partial charge in [0.1, 0.15) is 19.0 Å². The number of quaternary nitrogens is 1. The summed E-state index contributed by atoms with van der Waals surface area (Å²) < 4.78 is 17.7. The van der Waals surface area contributed by atoms with E-state index in [4.69, 9.17) is 4.74 Å². The maximum Gasteiger partial charge on any atom is 0.411 e. The van der Waals surface area contributed by atoms with Gasteiger partial charge in [-0.3, -0.25) is 5.32 Å². The largest absolute Gasteiger partial charge is 1.00 e. The van der Waals surface area contributed by atoms with E-state index in [0.717, 1.165) is 19.6 Å². The number of likely N-dealkylation sites (N-methyl/N-ethyl adjacent to an activating group) is 1. The number of halogens is 2. The molecule has 0 aliphatic heterocycles. The number of nitrogens with one attached hydrogen (secondary N) is 2. The normalized spacial score (nSPS) is 9.89. The van der Waals surface area contributed by atoms with Gasteiger partial charge in [-0.15, -0.1) is 0 Å². The first-order valence-electron chi connectivity index (χ1n) is 6.18. The summed E-state index contributed by atoms with van der Waals surface area (Å²) in [5.74, 6) is -0.334. The molecule has 0 aliphatic rings. The minimum atomic E-state index is -0.506. The zero-order chi connectivity index (χ0) is 13.4. The number of hydrogen-bond acceptors (Lipinski definition) is 2. The fourth-order valence-corrected chi connectivity index (χ4v) is 1.58. The Kier molecular flexibility index (Phi) is 8.91. The van der Waals surface area contributed by atoms with Gasteiger partial charge in [0.25, 0.3) is 0 Å². The van der Waals surface area contributed by atoms with E-state index in [1.165, 1.54) is 29.2 Å². The average molecular weight is 291 g/mol. The summed E-state index contributed by atoms with van der Waals surface area (Å²) in [5.41, 5.74) is 0.525. The molecule has 0 heterocycles. The van der Waals surface area contributed by atoms with Gasteiger partial charge in [-0.2, -0.15) is 0 Å². The number of hydrogen-bond donors (Lipinski definition) is 2. The van der Waals surface area contributed by atoms with Gasteiger partial charge in [-0.05, 0) is 38.1 Å². The monoisotopic (exact) mass is 290 g/mol. The second-order valence-electron chi connectivity index (χ2n) is 3.97. The second-order valence-corrected chi connectivity index (χ2v) is 3.97. The first-order chi connectivity index (χ1) is 8.65. The Bertz CT molecular complexity index is 369. The zero-order valence-corrected chi connectivity index (χ0v) is 12.0. The van der Waals surface area contributed by atoms with Crippen LogP contribution in [-0.4, -0.2) is 32.3 Å². The first kappa shape index (κ1) is 17.7. The SMILES string of the molecule is CC[NH+](CC)CCOC(=O)Nc1ccc(F)cc1.[Cl-]. The van der Waals surface area contributed by atoms with Gasteiger partial charge in [0.15, 0.2) is 0 Å². The van der Waals surface area contributed by atoms with Crippen molar-refractivity contribution in [3.63, 3.8) is 0 Å². The fourth-order valence-electron chi connectivity index (χ4n) is 1.58. The van der Waals surface area contributed by atoms with E-state index < -0.39 is 6.09 Å². The highest BCUT2D eigenvalue weighted by atomic mass is 35.5. The number of anilines is 1. The number of ether oxygens (including phenoxy) is 1. The molecule has 1 amide bonds. The lowest BCUT2D eigenvalue weighted by Crippen LogP contribution is -3.11. The van der Waals surface area contributed by atoms with Crippen LogP contribution >= 0.6 is 0 Å². The van der Waals surface area contributed by atoms with E-state index >= 15 is 0 Å². The molecule has 6 heteroatoms. The maximum atomic E-state index is 12.6. The topological polar surface area (TPSA) is 42.8 Å². The molecule has 0 unspecified atom stereocenters. The number of amides is 1. The van der Waals surface area contributed by atoms with Crippen molar-refractivity contribution >= 4 is 11.8 Å². The molecule has 108 valence electrons. The number of carbonyl (C=O) groups excluding carboxylic acids is 1. The van der Waals surface area contributed by atoms with Crippen molar-refractivity contribution in [1.29, 1.82) is 0 Å². The van der Waals surface area contributed by atoms with Gasteiger partial charge < -0.3 is 22.0 Å². The molecule has 4 nitrogen and oxygen atoms in total. The highest BCUT2D eigenvalue weighted by Gasteiger charge is 2.06. The maximum absolute atomic E-state index is 12.6. The van der Waals surface area contributed by atoms with Gasteiger partial charge in [-0.1, -0.05) is 0 Å². The third kappa shape index (κ3) is 6.98. The number of benzene rings is 1. The molecule has 1 rings (SSSR count). The van der Waals surface area contributed by atoms with E-state index in [1.54, 1.807) is 0 Å². The number of rotatable bonds is 6. The van der Waals surface area contributed by atoms with Crippen molar-refractivity contribution < 1.29 is 31.2 Å². The van der Waals surface area contributed by atoms with Crippen LogP contribution < -0.4 is 22.6 Å². The van der Waals surface area contributed by atoms with Gasteiger partial charge in [-0.25, -0.2) is 9.18 Å². The number of carbonyl (C=O) groups is 1. The first-order valence-corrected chi connectivity index (χ1v) is 6.18. The highest BCUT2D eigenvalue weighted by molar-refractivity contribution is 5.84. The Balaban J connectivity index is 0.00000324. The van der Waals surface area contributed by atoms with E-state index in [-0.39, 0.29) is 18.2 Å². The van der Waals surface area contributed by atoms with Crippen molar-refractivity contribution in [3.05, 3.63) is 30.1 Å². The van der Waals surface area contributed by atoms with Crippen molar-refractivity contribution in [2.75, 3.05) is 31.6 Å². The quantitative estimate of drug-likeness (QED) is 0.656. The minimum absolute atomic E-state index is 0. The lowest BCUT2D eigenvalue weighted by molar-refractivity contribution is -0.896. The Morgan fingerprint density at radius 2 is 1.84 bits per heavy atom. The summed E-state index contributed by atoms with van der Waals surface area (Å²) >= 11 is 0. The Morgan fingerprint density at radius 1 is 1.26 bits per heavy atom. The molecule has 19 heavy (non-hydrogen) atoms. The van der Waals surface area contributed by atoms with Gasteiger partial charge in [0.05, 0.1) is 13.1 Å².